The monoisotopic (exact) mass is 729 g/mol. The molecular weight excluding hydrogens is 691 g/mol. The minimum atomic E-state index is -0.841. The Balaban J connectivity index is 1.13. The van der Waals surface area contributed by atoms with Crippen LogP contribution in [0.2, 0.25) is 0 Å². The van der Waals surface area contributed by atoms with Crippen molar-refractivity contribution in [3.05, 3.63) is 251 Å². The first kappa shape index (κ1) is 34.2. The Hall–Kier alpha value is -7.29. The van der Waals surface area contributed by atoms with Gasteiger partial charge in [-0.25, -0.2) is 0 Å². The lowest BCUT2D eigenvalue weighted by Gasteiger charge is -2.33. The van der Waals surface area contributed by atoms with Crippen LogP contribution in [0.15, 0.2) is 212 Å². The van der Waals surface area contributed by atoms with E-state index < -0.39 is 5.60 Å². The molecule has 0 bridgehead atoms. The molecule has 270 valence electrons. The van der Waals surface area contributed by atoms with Crippen LogP contribution in [0.25, 0.3) is 49.9 Å². The third-order valence-electron chi connectivity index (χ3n) is 11.6. The zero-order chi connectivity index (χ0) is 38.3. The molecule has 1 spiro atoms. The van der Waals surface area contributed by atoms with Crippen LogP contribution in [0.3, 0.4) is 0 Å². The highest BCUT2D eigenvalue weighted by Crippen LogP contribution is 2.57. The van der Waals surface area contributed by atoms with Crippen LogP contribution in [-0.4, -0.2) is 6.72 Å². The van der Waals surface area contributed by atoms with Crippen molar-refractivity contribution < 1.29 is 4.74 Å². The van der Waals surface area contributed by atoms with E-state index in [-0.39, 0.29) is 0 Å². The lowest BCUT2D eigenvalue weighted by molar-refractivity contribution is 0.161. The van der Waals surface area contributed by atoms with Gasteiger partial charge in [0, 0.05) is 27.8 Å². The molecule has 0 N–H and O–H groups in total. The fourth-order valence-corrected chi connectivity index (χ4v) is 8.85. The number of para-hydroxylation sites is 1. The van der Waals surface area contributed by atoms with Crippen molar-refractivity contribution >= 4 is 34.3 Å². The summed E-state index contributed by atoms with van der Waals surface area (Å²) in [6.07, 6.45) is 5.25. The summed E-state index contributed by atoms with van der Waals surface area (Å²) in [6, 6.07) is 66.7. The number of benzene rings is 8. The van der Waals surface area contributed by atoms with Gasteiger partial charge < -0.3 is 4.74 Å². The molecule has 2 aliphatic rings. The summed E-state index contributed by atoms with van der Waals surface area (Å²) in [6.45, 7) is 8.71. The Morgan fingerprint density at radius 1 is 0.544 bits per heavy atom. The summed E-state index contributed by atoms with van der Waals surface area (Å²) in [5.74, 6) is 0.826. The zero-order valence-electron chi connectivity index (χ0n) is 31.5. The van der Waals surface area contributed by atoms with Crippen LogP contribution >= 0.6 is 0 Å². The van der Waals surface area contributed by atoms with E-state index in [0.717, 1.165) is 79.1 Å². The molecular formula is C55H39NO. The molecule has 1 aliphatic heterocycles. The highest BCUT2D eigenvalue weighted by Gasteiger charge is 2.49. The smallest absolute Gasteiger partial charge is 0.186 e. The average molecular weight is 730 g/mol. The molecule has 8 aromatic carbocycles. The second-order valence-electron chi connectivity index (χ2n) is 14.7. The van der Waals surface area contributed by atoms with Gasteiger partial charge in [0.05, 0.1) is 5.70 Å². The summed E-state index contributed by atoms with van der Waals surface area (Å²) in [5, 5.41) is 2.50. The Bertz CT molecular complexity index is 2900. The predicted molar refractivity (Wildman–Crippen MR) is 238 cm³/mol. The maximum atomic E-state index is 7.34. The second-order valence-corrected chi connectivity index (χ2v) is 14.7. The molecule has 10 rings (SSSR count). The van der Waals surface area contributed by atoms with Crippen LogP contribution in [-0.2, 0) is 12.0 Å². The summed E-state index contributed by atoms with van der Waals surface area (Å²) in [5.41, 5.74) is 15.5. The number of allylic oxidation sites excluding steroid dienone is 3. The van der Waals surface area contributed by atoms with Gasteiger partial charge in [0.1, 0.15) is 5.75 Å². The molecule has 2 nitrogen and oxygen atoms in total. The molecule has 0 unspecified atom stereocenters. The number of rotatable bonds is 7. The van der Waals surface area contributed by atoms with Crippen molar-refractivity contribution in [3.8, 4) is 28.0 Å². The number of nitrogens with zero attached hydrogens (tertiary/aromatic N) is 1. The van der Waals surface area contributed by atoms with Gasteiger partial charge in [-0.15, -0.1) is 0 Å². The summed E-state index contributed by atoms with van der Waals surface area (Å²) in [4.78, 5) is 4.51. The van der Waals surface area contributed by atoms with Gasteiger partial charge in [-0.05, 0) is 98.3 Å². The highest BCUT2D eigenvalue weighted by atomic mass is 16.5. The van der Waals surface area contributed by atoms with Crippen LogP contribution in [0, 0.1) is 0 Å². The molecule has 1 heterocycles. The second kappa shape index (κ2) is 14.1. The van der Waals surface area contributed by atoms with Crippen LogP contribution < -0.4 is 4.74 Å². The fraction of sp³-hybridized carbons (Fsp3) is 0.0364. The van der Waals surface area contributed by atoms with Gasteiger partial charge in [0.25, 0.3) is 0 Å². The first-order valence-corrected chi connectivity index (χ1v) is 19.5. The first-order valence-electron chi connectivity index (χ1n) is 19.5. The number of fused-ring (bicyclic) bond motifs is 9. The van der Waals surface area contributed by atoms with Gasteiger partial charge in [-0.3, -0.25) is 4.99 Å². The SMILES string of the molecule is C=N/C(=C\C(=C/Cc1cccc2ccccc12)c1cccc(-c2ccc3c(c2)C(=C)c2ccccc2OC32c3ccccc3-c3ccccc32)c1)c1ccccc1. The number of hydrogen-bond donors (Lipinski definition) is 0. The van der Waals surface area contributed by atoms with Crippen molar-refractivity contribution in [2.24, 2.45) is 4.99 Å². The Labute approximate surface area is 334 Å². The number of ether oxygens (including phenoxy) is 1. The molecule has 0 fully saturated rings. The maximum absolute atomic E-state index is 7.34. The van der Waals surface area contributed by atoms with Gasteiger partial charge in [-0.2, -0.15) is 0 Å². The van der Waals surface area contributed by atoms with E-state index >= 15 is 0 Å². The van der Waals surface area contributed by atoms with E-state index in [1.54, 1.807) is 0 Å². The Morgan fingerprint density at radius 2 is 1.16 bits per heavy atom. The van der Waals surface area contributed by atoms with Gasteiger partial charge in [-0.1, -0.05) is 183 Å². The largest absolute Gasteiger partial charge is 0.472 e. The van der Waals surface area contributed by atoms with Gasteiger partial charge in [0.15, 0.2) is 5.60 Å². The molecule has 0 amide bonds. The van der Waals surface area contributed by atoms with Crippen LogP contribution in [0.4, 0.5) is 0 Å². The summed E-state index contributed by atoms with van der Waals surface area (Å²) >= 11 is 0. The van der Waals surface area contributed by atoms with Crippen LogP contribution in [0.1, 0.15) is 44.5 Å². The molecule has 0 aromatic heterocycles. The Morgan fingerprint density at radius 3 is 1.95 bits per heavy atom. The van der Waals surface area contributed by atoms with Crippen LogP contribution in [0.5, 0.6) is 5.75 Å². The molecule has 0 radical (unpaired) electrons. The van der Waals surface area contributed by atoms with Crippen molar-refractivity contribution in [2.75, 3.05) is 0 Å². The van der Waals surface area contributed by atoms with E-state index in [4.69, 9.17) is 11.3 Å². The molecule has 1 aliphatic carbocycles. The van der Waals surface area contributed by atoms with Crippen molar-refractivity contribution in [3.63, 3.8) is 0 Å². The molecule has 2 heteroatoms. The molecule has 8 aromatic rings. The van der Waals surface area contributed by atoms with E-state index in [9.17, 15) is 0 Å². The summed E-state index contributed by atoms with van der Waals surface area (Å²) < 4.78 is 7.34. The molecule has 0 saturated heterocycles. The van der Waals surface area contributed by atoms with E-state index in [2.05, 4.69) is 188 Å². The summed E-state index contributed by atoms with van der Waals surface area (Å²) in [7, 11) is 0. The van der Waals surface area contributed by atoms with Crippen molar-refractivity contribution in [2.45, 2.75) is 12.0 Å². The third-order valence-corrected chi connectivity index (χ3v) is 11.6. The van der Waals surface area contributed by atoms with E-state index in [1.807, 2.05) is 24.3 Å². The quantitative estimate of drug-likeness (QED) is 0.118. The minimum Gasteiger partial charge on any atom is -0.472 e. The maximum Gasteiger partial charge on any atom is 0.186 e. The number of aliphatic imine (C=N–C) groups is 1. The third kappa shape index (κ3) is 5.77. The van der Waals surface area contributed by atoms with Crippen molar-refractivity contribution in [1.29, 1.82) is 0 Å². The minimum absolute atomic E-state index is 0.764. The topological polar surface area (TPSA) is 21.6 Å². The Kier molecular flexibility index (Phi) is 8.46. The highest BCUT2D eigenvalue weighted by molar-refractivity contribution is 5.92. The van der Waals surface area contributed by atoms with Crippen molar-refractivity contribution in [1.82, 2.24) is 0 Å². The van der Waals surface area contributed by atoms with E-state index in [1.165, 1.54) is 27.5 Å². The molecule has 0 saturated carbocycles. The normalized spacial score (nSPS) is 13.9. The zero-order valence-corrected chi connectivity index (χ0v) is 31.5. The first-order chi connectivity index (χ1) is 28.1. The van der Waals surface area contributed by atoms with Gasteiger partial charge in [0.2, 0.25) is 0 Å². The number of hydrogen-bond acceptors (Lipinski definition) is 2. The van der Waals surface area contributed by atoms with E-state index in [0.29, 0.717) is 0 Å². The van der Waals surface area contributed by atoms with Gasteiger partial charge >= 0.3 is 0 Å². The predicted octanol–water partition coefficient (Wildman–Crippen LogP) is 13.6. The lowest BCUT2D eigenvalue weighted by Crippen LogP contribution is -2.34. The standard InChI is InChI=1S/C55H39NO/c1-37-45-23-10-13-29-54(45)57-55(50-27-11-8-25-47(50)48-26-9-12-28-51(48)55)52-33-32-43(35-49(37)52)41-21-15-22-42(34-41)44(36-53(56-2)40-17-4-3-5-18-40)31-30-39-20-14-19-38-16-6-7-24-46(38)39/h3-29,31-36H,1-2,30H2/b44-31+,53-36-. The molecule has 57 heavy (non-hydrogen) atoms. The average Bonchev–Trinajstić information content (AvgIpc) is 3.50. The lowest BCUT2D eigenvalue weighted by atomic mass is 9.79. The fourth-order valence-electron chi connectivity index (χ4n) is 8.85. The molecule has 0 atom stereocenters.